The Hall–Kier alpha value is -1.81. The van der Waals surface area contributed by atoms with Crippen molar-refractivity contribution in [3.63, 3.8) is 0 Å². The lowest BCUT2D eigenvalue weighted by molar-refractivity contribution is -0.161. The molecule has 0 aromatic heterocycles. The van der Waals surface area contributed by atoms with E-state index in [9.17, 15) is 19.0 Å². The van der Waals surface area contributed by atoms with Gasteiger partial charge < -0.3 is 24.8 Å². The molecule has 1 rings (SSSR count). The fourth-order valence-electron chi connectivity index (χ4n) is 5.55. The monoisotopic (exact) mass is 741 g/mol. The molecular weight excluding hydrogens is 669 g/mol. The zero-order valence-corrected chi connectivity index (χ0v) is 32.9. The molecule has 0 spiro atoms. The highest BCUT2D eigenvalue weighted by atomic mass is 31.2. The number of carbonyl (C=O) groups is 2. The third-order valence-electron chi connectivity index (χ3n) is 8.68. The summed E-state index contributed by atoms with van der Waals surface area (Å²) in [5.74, 6) is -0.902. The molecule has 1 fully saturated rings. The lowest BCUT2D eigenvalue weighted by atomic mass is 10.0. The molecule has 11 heteroatoms. The first-order valence-electron chi connectivity index (χ1n) is 20.1. The first kappa shape index (κ1) is 47.2. The van der Waals surface area contributed by atoms with Crippen LogP contribution in [0.25, 0.3) is 0 Å². The fraction of sp³-hybridized carbons (Fsp3) is 0.800. The van der Waals surface area contributed by atoms with Crippen LogP contribution in [0.5, 0.6) is 0 Å². The Kier molecular flexibility index (Phi) is 30.4. The van der Waals surface area contributed by atoms with E-state index in [0.717, 1.165) is 44.9 Å². The van der Waals surface area contributed by atoms with E-state index in [2.05, 4.69) is 44.2 Å². The van der Waals surface area contributed by atoms with Crippen LogP contribution in [0.3, 0.4) is 0 Å². The van der Waals surface area contributed by atoms with Crippen molar-refractivity contribution in [2.24, 2.45) is 5.73 Å². The van der Waals surface area contributed by atoms with Gasteiger partial charge in [-0.15, -0.1) is 0 Å². The minimum absolute atomic E-state index is 0.0421. The van der Waals surface area contributed by atoms with Crippen LogP contribution in [-0.4, -0.2) is 61.5 Å². The number of hydrogen-bond acceptors (Lipinski definition) is 9. The summed E-state index contributed by atoms with van der Waals surface area (Å²) in [5.41, 5.74) is 5.33. The van der Waals surface area contributed by atoms with Crippen LogP contribution in [0.2, 0.25) is 0 Å². The van der Waals surface area contributed by atoms with Crippen molar-refractivity contribution < 1.29 is 42.3 Å². The Balaban J connectivity index is 2.26. The second kappa shape index (κ2) is 32.8. The molecule has 1 aliphatic heterocycles. The Morgan fingerprint density at radius 3 is 1.86 bits per heavy atom. The van der Waals surface area contributed by atoms with Crippen LogP contribution >= 0.6 is 7.82 Å². The number of unbranched alkanes of at least 4 members (excludes halogenated alkanes) is 15. The number of nitrogens with two attached hydrogens (primary N) is 1. The molecule has 1 saturated heterocycles. The average Bonchev–Trinajstić information content (AvgIpc) is 3.87. The van der Waals surface area contributed by atoms with Gasteiger partial charge in [0.2, 0.25) is 0 Å². The fourth-order valence-corrected chi connectivity index (χ4v) is 6.32. The predicted octanol–water partition coefficient (Wildman–Crippen LogP) is 9.98. The average molecular weight is 742 g/mol. The van der Waals surface area contributed by atoms with E-state index in [1.54, 1.807) is 0 Å². The van der Waals surface area contributed by atoms with Crippen molar-refractivity contribution in [1.29, 1.82) is 0 Å². The number of hydrogen-bond donors (Lipinski definition) is 2. The Labute approximate surface area is 309 Å². The van der Waals surface area contributed by atoms with E-state index in [-0.39, 0.29) is 44.8 Å². The SMILES string of the molecule is CCCCC/C=C\C/C=C\CC1OC1C/C=C\CCCC(=O)O[C@H](COC(=O)CCCCCCCCCCCCCC)COP(=O)(O)OCCN. The molecule has 51 heavy (non-hydrogen) atoms. The van der Waals surface area contributed by atoms with E-state index in [4.69, 9.17) is 29.0 Å². The summed E-state index contributed by atoms with van der Waals surface area (Å²) in [6, 6.07) is 0. The smallest absolute Gasteiger partial charge is 0.462 e. The van der Waals surface area contributed by atoms with Gasteiger partial charge in [0.05, 0.1) is 25.4 Å². The number of epoxide rings is 1. The lowest BCUT2D eigenvalue weighted by Gasteiger charge is -2.19. The number of carbonyl (C=O) groups excluding carboxylic acids is 2. The van der Waals surface area contributed by atoms with Crippen molar-refractivity contribution >= 4 is 19.8 Å². The first-order valence-corrected chi connectivity index (χ1v) is 21.6. The molecule has 0 bridgehead atoms. The number of phosphoric acid groups is 1. The second-order valence-electron chi connectivity index (χ2n) is 13.5. The highest BCUT2D eigenvalue weighted by Crippen LogP contribution is 2.43. The van der Waals surface area contributed by atoms with Gasteiger partial charge >= 0.3 is 19.8 Å². The van der Waals surface area contributed by atoms with Gasteiger partial charge in [0.25, 0.3) is 0 Å². The van der Waals surface area contributed by atoms with E-state index >= 15 is 0 Å². The summed E-state index contributed by atoms with van der Waals surface area (Å²) in [6.07, 6.45) is 36.3. The van der Waals surface area contributed by atoms with E-state index in [1.165, 1.54) is 77.0 Å². The molecule has 1 aliphatic rings. The summed E-state index contributed by atoms with van der Waals surface area (Å²) >= 11 is 0. The zero-order valence-electron chi connectivity index (χ0n) is 32.0. The van der Waals surface area contributed by atoms with Crippen molar-refractivity contribution in [1.82, 2.24) is 0 Å². The molecule has 3 N–H and O–H groups in total. The van der Waals surface area contributed by atoms with Gasteiger partial charge in [0, 0.05) is 19.4 Å². The maximum Gasteiger partial charge on any atom is 0.472 e. The molecule has 10 nitrogen and oxygen atoms in total. The summed E-state index contributed by atoms with van der Waals surface area (Å²) in [7, 11) is -4.39. The van der Waals surface area contributed by atoms with Gasteiger partial charge in [0.1, 0.15) is 6.61 Å². The zero-order chi connectivity index (χ0) is 37.3. The largest absolute Gasteiger partial charge is 0.472 e. The quantitative estimate of drug-likeness (QED) is 0.0209. The number of phosphoric ester groups is 1. The molecular formula is C40H72NO9P. The second-order valence-corrected chi connectivity index (χ2v) is 15.0. The van der Waals surface area contributed by atoms with Gasteiger partial charge in [-0.25, -0.2) is 4.57 Å². The minimum atomic E-state index is -4.39. The third-order valence-corrected chi connectivity index (χ3v) is 9.67. The summed E-state index contributed by atoms with van der Waals surface area (Å²) in [4.78, 5) is 34.8. The molecule has 0 aromatic rings. The van der Waals surface area contributed by atoms with Crippen molar-refractivity contribution in [3.05, 3.63) is 36.5 Å². The highest BCUT2D eigenvalue weighted by molar-refractivity contribution is 7.47. The van der Waals surface area contributed by atoms with Crippen molar-refractivity contribution in [2.45, 2.75) is 180 Å². The summed E-state index contributed by atoms with van der Waals surface area (Å²) in [6.45, 7) is 3.61. The summed E-state index contributed by atoms with van der Waals surface area (Å²) < 4.78 is 38.4. The Bertz CT molecular complexity index is 1000. The molecule has 0 saturated carbocycles. The Morgan fingerprint density at radius 1 is 0.686 bits per heavy atom. The van der Waals surface area contributed by atoms with Gasteiger partial charge in [0.15, 0.2) is 6.10 Å². The molecule has 0 amide bonds. The normalized spacial score (nSPS) is 17.7. The molecule has 0 radical (unpaired) electrons. The van der Waals surface area contributed by atoms with Gasteiger partial charge in [-0.05, 0) is 51.4 Å². The minimum Gasteiger partial charge on any atom is -0.462 e. The van der Waals surface area contributed by atoms with E-state index in [1.807, 2.05) is 6.08 Å². The Morgan fingerprint density at radius 2 is 1.22 bits per heavy atom. The molecule has 0 aromatic carbocycles. The highest BCUT2D eigenvalue weighted by Gasteiger charge is 2.36. The molecule has 4 atom stereocenters. The van der Waals surface area contributed by atoms with Gasteiger partial charge in [-0.3, -0.25) is 18.6 Å². The number of esters is 2. The molecule has 0 aliphatic carbocycles. The number of ether oxygens (including phenoxy) is 3. The van der Waals surface area contributed by atoms with Crippen LogP contribution in [0, 0.1) is 0 Å². The maximum atomic E-state index is 12.6. The van der Waals surface area contributed by atoms with E-state index in [0.29, 0.717) is 12.8 Å². The molecule has 1 heterocycles. The van der Waals surface area contributed by atoms with Gasteiger partial charge in [-0.2, -0.15) is 0 Å². The number of allylic oxidation sites excluding steroid dienone is 4. The van der Waals surface area contributed by atoms with Crippen LogP contribution in [0.4, 0.5) is 0 Å². The van der Waals surface area contributed by atoms with Crippen molar-refractivity contribution in [3.8, 4) is 0 Å². The summed E-state index contributed by atoms with van der Waals surface area (Å²) in [5, 5.41) is 0. The predicted molar refractivity (Wildman–Crippen MR) is 205 cm³/mol. The van der Waals surface area contributed by atoms with Gasteiger partial charge in [-0.1, -0.05) is 134 Å². The third kappa shape index (κ3) is 30.4. The van der Waals surface area contributed by atoms with Crippen molar-refractivity contribution in [2.75, 3.05) is 26.4 Å². The van der Waals surface area contributed by atoms with Crippen LogP contribution in [0.1, 0.15) is 162 Å². The molecule has 3 unspecified atom stereocenters. The van der Waals surface area contributed by atoms with E-state index < -0.39 is 32.5 Å². The maximum absolute atomic E-state index is 12.6. The van der Waals surface area contributed by atoms with Crippen LogP contribution in [0.15, 0.2) is 36.5 Å². The lowest BCUT2D eigenvalue weighted by Crippen LogP contribution is -2.29. The van der Waals surface area contributed by atoms with Crippen LogP contribution < -0.4 is 5.73 Å². The number of rotatable bonds is 36. The van der Waals surface area contributed by atoms with Crippen LogP contribution in [-0.2, 0) is 37.4 Å². The first-order chi connectivity index (χ1) is 24.8. The molecule has 296 valence electrons. The topological polar surface area (TPSA) is 147 Å². The standard InChI is InChI=1S/C40H72NO9P/c1-3-5-7-9-11-13-14-15-17-19-21-26-30-39(42)46-34-36(35-48-51(44,45)47-33-32-41)49-40(43)31-27-23-22-25-29-38-37(50-38)28-24-20-18-16-12-10-8-6-4-2/h12,16,20,22,24-25,36-38H,3-11,13-15,17-19,21,23,26-35,41H2,1-2H3,(H,44,45)/b16-12-,24-20-,25-22-/t36-,37?,38?/m1/s1.